The van der Waals surface area contributed by atoms with Crippen LogP contribution in [0.4, 0.5) is 0 Å². The zero-order valence-corrected chi connectivity index (χ0v) is 11.5. The molecule has 0 aliphatic carbocycles. The van der Waals surface area contributed by atoms with Gasteiger partial charge in [0.15, 0.2) is 0 Å². The topological polar surface area (TPSA) is 13.1 Å². The smallest absolute Gasteiger partial charge is 0.129 e. The Bertz CT molecular complexity index is 455. The van der Waals surface area contributed by atoms with E-state index in [0.29, 0.717) is 0 Å². The van der Waals surface area contributed by atoms with Crippen molar-refractivity contribution in [3.63, 3.8) is 0 Å². The van der Waals surface area contributed by atoms with Crippen LogP contribution in [0.15, 0.2) is 26.6 Å². The molecular formula is C11H10BrClOS. The Morgan fingerprint density at radius 2 is 2.13 bits per heavy atom. The summed E-state index contributed by atoms with van der Waals surface area (Å²) in [6, 6.07) is 4.02. The van der Waals surface area contributed by atoms with Crippen LogP contribution < -0.4 is 0 Å². The first-order valence-corrected chi connectivity index (χ1v) is 6.58. The zero-order chi connectivity index (χ0) is 11.0. The van der Waals surface area contributed by atoms with E-state index in [1.54, 1.807) is 17.6 Å². The lowest BCUT2D eigenvalue weighted by Crippen LogP contribution is -1.89. The van der Waals surface area contributed by atoms with Gasteiger partial charge in [0.25, 0.3) is 0 Å². The van der Waals surface area contributed by atoms with Crippen LogP contribution in [0.1, 0.15) is 27.1 Å². The third-order valence-electron chi connectivity index (χ3n) is 2.26. The van der Waals surface area contributed by atoms with Gasteiger partial charge in [-0.3, -0.25) is 0 Å². The maximum atomic E-state index is 6.36. The first-order valence-electron chi connectivity index (χ1n) is 4.53. The Hall–Kier alpha value is -0.250. The SMILES string of the molecule is Cc1ccoc1C(Cl)c1cc(C)c(Br)s1. The van der Waals surface area contributed by atoms with Crippen LogP contribution in [0.5, 0.6) is 0 Å². The van der Waals surface area contributed by atoms with Gasteiger partial charge in [0.2, 0.25) is 0 Å². The van der Waals surface area contributed by atoms with Crippen LogP contribution in [0.3, 0.4) is 0 Å². The lowest BCUT2D eigenvalue weighted by atomic mass is 10.2. The summed E-state index contributed by atoms with van der Waals surface area (Å²) in [7, 11) is 0. The average molecular weight is 306 g/mol. The molecule has 0 aliphatic heterocycles. The molecule has 4 heteroatoms. The standard InChI is InChI=1S/C11H10BrClOS/c1-6-3-4-14-10(6)9(13)8-5-7(2)11(12)15-8/h3-5,9H,1-2H3. The molecule has 0 aromatic carbocycles. The largest absolute Gasteiger partial charge is 0.467 e. The quantitative estimate of drug-likeness (QED) is 0.708. The molecule has 1 unspecified atom stereocenters. The van der Waals surface area contributed by atoms with Crippen molar-refractivity contribution in [3.8, 4) is 0 Å². The first-order chi connectivity index (χ1) is 7.09. The third-order valence-corrected chi connectivity index (χ3v) is 5.02. The van der Waals surface area contributed by atoms with Gasteiger partial charge in [-0.25, -0.2) is 0 Å². The van der Waals surface area contributed by atoms with Gasteiger partial charge in [0.1, 0.15) is 11.1 Å². The van der Waals surface area contributed by atoms with Crippen molar-refractivity contribution in [1.82, 2.24) is 0 Å². The fourth-order valence-electron chi connectivity index (χ4n) is 1.38. The molecule has 0 amide bonds. The van der Waals surface area contributed by atoms with Crippen molar-refractivity contribution in [2.75, 3.05) is 0 Å². The van der Waals surface area contributed by atoms with E-state index in [0.717, 1.165) is 20.0 Å². The normalized spacial score (nSPS) is 13.1. The fourth-order valence-corrected chi connectivity index (χ4v) is 3.35. The molecule has 0 fully saturated rings. The molecule has 15 heavy (non-hydrogen) atoms. The summed E-state index contributed by atoms with van der Waals surface area (Å²) in [6.45, 7) is 4.06. The highest BCUT2D eigenvalue weighted by atomic mass is 79.9. The number of halogens is 2. The highest BCUT2D eigenvalue weighted by Gasteiger charge is 2.19. The molecule has 2 heterocycles. The first kappa shape index (κ1) is 11.2. The molecule has 0 spiro atoms. The highest BCUT2D eigenvalue weighted by Crippen LogP contribution is 2.39. The van der Waals surface area contributed by atoms with Gasteiger partial charge in [-0.15, -0.1) is 22.9 Å². The number of hydrogen-bond acceptors (Lipinski definition) is 2. The lowest BCUT2D eigenvalue weighted by molar-refractivity contribution is 0.515. The highest BCUT2D eigenvalue weighted by molar-refractivity contribution is 9.11. The number of aryl methyl sites for hydroxylation is 2. The van der Waals surface area contributed by atoms with Crippen LogP contribution in [-0.4, -0.2) is 0 Å². The molecule has 80 valence electrons. The molecule has 2 rings (SSSR count). The van der Waals surface area contributed by atoms with Crippen molar-refractivity contribution in [3.05, 3.63) is 43.9 Å². The van der Waals surface area contributed by atoms with Gasteiger partial charge in [0, 0.05) is 4.88 Å². The van der Waals surface area contributed by atoms with Gasteiger partial charge in [0.05, 0.1) is 10.0 Å². The molecule has 0 bridgehead atoms. The summed E-state index contributed by atoms with van der Waals surface area (Å²) < 4.78 is 6.52. The second-order valence-electron chi connectivity index (χ2n) is 3.44. The number of hydrogen-bond donors (Lipinski definition) is 0. The van der Waals surface area contributed by atoms with Crippen LogP contribution in [0.25, 0.3) is 0 Å². The summed E-state index contributed by atoms with van der Waals surface area (Å²) in [4.78, 5) is 1.11. The Morgan fingerprint density at radius 1 is 1.40 bits per heavy atom. The van der Waals surface area contributed by atoms with E-state index in [-0.39, 0.29) is 5.38 Å². The van der Waals surface area contributed by atoms with Gasteiger partial charge >= 0.3 is 0 Å². The monoisotopic (exact) mass is 304 g/mol. The van der Waals surface area contributed by atoms with Crippen LogP contribution in [-0.2, 0) is 0 Å². The fraction of sp³-hybridized carbons (Fsp3) is 0.273. The molecule has 0 saturated carbocycles. The Balaban J connectivity index is 2.36. The zero-order valence-electron chi connectivity index (χ0n) is 8.38. The van der Waals surface area contributed by atoms with E-state index >= 15 is 0 Å². The predicted molar refractivity (Wildman–Crippen MR) is 67.9 cm³/mol. The summed E-state index contributed by atoms with van der Waals surface area (Å²) in [5.74, 6) is 0.838. The third kappa shape index (κ3) is 2.14. The average Bonchev–Trinajstić information content (AvgIpc) is 2.74. The second kappa shape index (κ2) is 4.32. The molecule has 2 aromatic rings. The van der Waals surface area contributed by atoms with Crippen LogP contribution in [0, 0.1) is 13.8 Å². The van der Waals surface area contributed by atoms with Gasteiger partial charge in [-0.2, -0.15) is 0 Å². The molecule has 0 saturated heterocycles. The molecule has 2 aromatic heterocycles. The second-order valence-corrected chi connectivity index (χ2v) is 6.27. The van der Waals surface area contributed by atoms with Crippen molar-refractivity contribution in [1.29, 1.82) is 0 Å². The van der Waals surface area contributed by atoms with Gasteiger partial charge in [-0.05, 0) is 53.0 Å². The van der Waals surface area contributed by atoms with Crippen LogP contribution in [0.2, 0.25) is 0 Å². The van der Waals surface area contributed by atoms with Gasteiger partial charge < -0.3 is 4.42 Å². The molecular weight excluding hydrogens is 296 g/mol. The minimum atomic E-state index is -0.185. The maximum absolute atomic E-state index is 6.36. The predicted octanol–water partition coefficient (Wildman–Crippen LogP) is 5.05. The molecule has 1 nitrogen and oxygen atoms in total. The van der Waals surface area contributed by atoms with Crippen molar-refractivity contribution in [2.24, 2.45) is 0 Å². The van der Waals surface area contributed by atoms with E-state index in [2.05, 4.69) is 28.9 Å². The molecule has 1 atom stereocenters. The minimum absolute atomic E-state index is 0.185. The Labute approximate surface area is 106 Å². The lowest BCUT2D eigenvalue weighted by Gasteiger charge is -2.04. The summed E-state index contributed by atoms with van der Waals surface area (Å²) in [5, 5.41) is -0.185. The van der Waals surface area contributed by atoms with E-state index in [4.69, 9.17) is 16.0 Å². The number of alkyl halides is 1. The van der Waals surface area contributed by atoms with Crippen molar-refractivity contribution >= 4 is 38.9 Å². The number of rotatable bonds is 2. The number of thiophene rings is 1. The van der Waals surface area contributed by atoms with E-state index < -0.39 is 0 Å². The molecule has 0 radical (unpaired) electrons. The minimum Gasteiger partial charge on any atom is -0.467 e. The summed E-state index contributed by atoms with van der Waals surface area (Å²) in [6.07, 6.45) is 1.68. The van der Waals surface area contributed by atoms with Crippen molar-refractivity contribution in [2.45, 2.75) is 19.2 Å². The summed E-state index contributed by atoms with van der Waals surface area (Å²) >= 11 is 11.5. The van der Waals surface area contributed by atoms with Crippen molar-refractivity contribution < 1.29 is 4.42 Å². The molecule has 0 N–H and O–H groups in total. The Morgan fingerprint density at radius 3 is 2.60 bits per heavy atom. The molecule has 0 aliphatic rings. The number of furan rings is 1. The van der Waals surface area contributed by atoms with E-state index in [1.165, 1.54) is 5.56 Å². The Kier molecular flexibility index (Phi) is 3.24. The summed E-state index contributed by atoms with van der Waals surface area (Å²) in [5.41, 5.74) is 2.31. The van der Waals surface area contributed by atoms with E-state index in [9.17, 15) is 0 Å². The van der Waals surface area contributed by atoms with E-state index in [1.807, 2.05) is 13.0 Å². The maximum Gasteiger partial charge on any atom is 0.129 e. The van der Waals surface area contributed by atoms with Gasteiger partial charge in [-0.1, -0.05) is 0 Å². The van der Waals surface area contributed by atoms with Crippen LogP contribution >= 0.6 is 38.9 Å².